The molecule has 0 aliphatic heterocycles. The molecule has 7 heteroatoms. The Labute approximate surface area is 233 Å². The number of fused-ring (bicyclic) bond motifs is 2. The molecule has 3 N–H and O–H groups in total. The smallest absolute Gasteiger partial charge is 0.161 e. The Kier molecular flexibility index (Phi) is 7.38. The normalized spacial score (nSPS) is 14.9. The number of para-hydroxylation sites is 1. The predicted octanol–water partition coefficient (Wildman–Crippen LogP) is 7.60. The second-order valence-corrected chi connectivity index (χ2v) is 10.4. The zero-order chi connectivity index (χ0) is 27.5. The van der Waals surface area contributed by atoms with E-state index in [1.54, 1.807) is 12.1 Å². The van der Waals surface area contributed by atoms with E-state index in [2.05, 4.69) is 39.2 Å². The summed E-state index contributed by atoms with van der Waals surface area (Å²) in [6.45, 7) is 7.88. The van der Waals surface area contributed by atoms with E-state index in [1.807, 2.05) is 49.4 Å². The number of rotatable bonds is 9. The molecule has 202 valence electrons. The van der Waals surface area contributed by atoms with Gasteiger partial charge in [-0.15, -0.1) is 0 Å². The monoisotopic (exact) mass is 532 g/mol. The summed E-state index contributed by atoms with van der Waals surface area (Å²) in [5.74, 6) is 1.09. The van der Waals surface area contributed by atoms with Crippen molar-refractivity contribution in [3.63, 3.8) is 0 Å². The van der Waals surface area contributed by atoms with Crippen molar-refractivity contribution in [1.82, 2.24) is 30.5 Å². The van der Waals surface area contributed by atoms with Gasteiger partial charge in [0, 0.05) is 17.7 Å². The minimum Gasteiger partial charge on any atom is -0.336 e. The fourth-order valence-corrected chi connectivity index (χ4v) is 5.59. The maximum atomic E-state index is 14.6. The summed E-state index contributed by atoms with van der Waals surface area (Å²) in [5.41, 5.74) is 7.87. The van der Waals surface area contributed by atoms with Crippen molar-refractivity contribution in [3.05, 3.63) is 96.5 Å². The summed E-state index contributed by atoms with van der Waals surface area (Å²) in [7, 11) is 0. The van der Waals surface area contributed by atoms with Crippen LogP contribution in [-0.4, -0.2) is 38.2 Å². The molecule has 6 rings (SSSR count). The Morgan fingerprint density at radius 3 is 2.62 bits per heavy atom. The minimum atomic E-state index is -0.282. The summed E-state index contributed by atoms with van der Waals surface area (Å²) in [6, 6.07) is 16.5. The van der Waals surface area contributed by atoms with Gasteiger partial charge in [0.25, 0.3) is 0 Å². The Bertz CT molecular complexity index is 1730. The Hall–Kier alpha value is -4.36. The van der Waals surface area contributed by atoms with E-state index < -0.39 is 0 Å². The highest BCUT2D eigenvalue weighted by molar-refractivity contribution is 5.96. The lowest BCUT2D eigenvalue weighted by Gasteiger charge is -2.11. The van der Waals surface area contributed by atoms with Crippen molar-refractivity contribution < 1.29 is 4.39 Å². The van der Waals surface area contributed by atoms with Gasteiger partial charge < -0.3 is 10.3 Å². The maximum absolute atomic E-state index is 14.6. The van der Waals surface area contributed by atoms with Crippen LogP contribution in [0.25, 0.3) is 50.3 Å². The molecule has 0 unspecified atom stereocenters. The molecule has 3 aromatic heterocycles. The van der Waals surface area contributed by atoms with Gasteiger partial charge in [-0.25, -0.2) is 14.4 Å². The van der Waals surface area contributed by atoms with Gasteiger partial charge in [-0.2, -0.15) is 5.10 Å². The van der Waals surface area contributed by atoms with E-state index in [9.17, 15) is 4.39 Å². The Morgan fingerprint density at radius 1 is 1.00 bits per heavy atom. The molecule has 5 aromatic rings. The maximum Gasteiger partial charge on any atom is 0.161 e. The van der Waals surface area contributed by atoms with Gasteiger partial charge in [-0.1, -0.05) is 61.9 Å². The third-order valence-corrected chi connectivity index (χ3v) is 7.76. The first-order valence-electron chi connectivity index (χ1n) is 13.9. The number of halogens is 1. The summed E-state index contributed by atoms with van der Waals surface area (Å²) in [5, 5.41) is 11.2. The molecule has 0 saturated heterocycles. The van der Waals surface area contributed by atoms with Gasteiger partial charge in [0.05, 0.1) is 22.2 Å². The molecule has 1 saturated carbocycles. The summed E-state index contributed by atoms with van der Waals surface area (Å²) in [4.78, 5) is 13.2. The van der Waals surface area contributed by atoms with Crippen LogP contribution in [0.15, 0.2) is 85.0 Å². The average molecular weight is 533 g/mol. The fourth-order valence-electron chi connectivity index (χ4n) is 5.59. The second-order valence-electron chi connectivity index (χ2n) is 10.4. The molecule has 6 nitrogen and oxygen atoms in total. The van der Waals surface area contributed by atoms with E-state index >= 15 is 0 Å². The second kappa shape index (κ2) is 11.4. The summed E-state index contributed by atoms with van der Waals surface area (Å²) >= 11 is 0. The molecule has 40 heavy (non-hydrogen) atoms. The van der Waals surface area contributed by atoms with Crippen LogP contribution in [0.2, 0.25) is 0 Å². The van der Waals surface area contributed by atoms with Crippen molar-refractivity contribution in [2.45, 2.75) is 32.6 Å². The fraction of sp³-hybridized carbons (Fsp3) is 0.242. The number of imidazole rings is 1. The van der Waals surface area contributed by atoms with Gasteiger partial charge in [0.2, 0.25) is 0 Å². The number of nitrogens with zero attached hydrogens (tertiary/aromatic N) is 3. The van der Waals surface area contributed by atoms with Crippen LogP contribution in [0.1, 0.15) is 38.3 Å². The van der Waals surface area contributed by atoms with Crippen LogP contribution in [0.4, 0.5) is 4.39 Å². The van der Waals surface area contributed by atoms with Crippen LogP contribution in [0.3, 0.4) is 0 Å². The lowest BCUT2D eigenvalue weighted by atomic mass is 10.0. The average Bonchev–Trinajstić information content (AvgIpc) is 3.74. The van der Waals surface area contributed by atoms with E-state index in [1.165, 1.54) is 31.7 Å². The lowest BCUT2D eigenvalue weighted by molar-refractivity contribution is 0.503. The molecule has 0 radical (unpaired) electrons. The molecule has 0 spiro atoms. The van der Waals surface area contributed by atoms with Crippen LogP contribution in [0.5, 0.6) is 0 Å². The van der Waals surface area contributed by atoms with Crippen molar-refractivity contribution in [2.75, 3.05) is 13.1 Å². The van der Waals surface area contributed by atoms with Crippen molar-refractivity contribution in [1.29, 1.82) is 0 Å². The highest BCUT2D eigenvalue weighted by Gasteiger charge is 2.18. The van der Waals surface area contributed by atoms with Gasteiger partial charge in [-0.05, 0) is 73.7 Å². The van der Waals surface area contributed by atoms with Crippen molar-refractivity contribution >= 4 is 27.6 Å². The number of H-pyrrole nitrogens is 2. The van der Waals surface area contributed by atoms with Crippen LogP contribution in [0, 0.1) is 11.7 Å². The first-order valence-corrected chi connectivity index (χ1v) is 13.9. The molecule has 0 atom stereocenters. The third kappa shape index (κ3) is 5.12. The highest BCUT2D eigenvalue weighted by atomic mass is 19.1. The first kappa shape index (κ1) is 25.9. The standard InChI is InChI=1S/C33H33FN6/c1-3-21(19-35-20-22-10-5-6-11-22)18-23(4-2)27-16-17-29-31(36-27)32(40-39-29)33-37-28-15-9-13-25(30(28)38-33)24-12-7-8-14-26(24)34/h3-4,7-9,12-18,22,35H,1,5-6,10-11,19-20H2,2H3,(H,37,38)(H,39,40)/b21-18+,23-4+. The number of aromatic nitrogens is 5. The van der Waals surface area contributed by atoms with Crippen molar-refractivity contribution in [2.24, 2.45) is 5.92 Å². The van der Waals surface area contributed by atoms with Crippen LogP contribution in [-0.2, 0) is 0 Å². The molecule has 2 aromatic carbocycles. The van der Waals surface area contributed by atoms with E-state index in [0.29, 0.717) is 22.6 Å². The predicted molar refractivity (Wildman–Crippen MR) is 161 cm³/mol. The van der Waals surface area contributed by atoms with Crippen molar-refractivity contribution in [3.8, 4) is 22.6 Å². The molecular formula is C33H33FN6. The number of hydrogen-bond donors (Lipinski definition) is 3. The SMILES string of the molecule is C=C/C(=C\C(=C/C)c1ccc2[nH]nc(-c3nc4c(-c5ccccc5F)cccc4[nH]3)c2n1)CNCC1CCCC1. The zero-order valence-corrected chi connectivity index (χ0v) is 22.7. The number of pyridine rings is 1. The van der Waals surface area contributed by atoms with Gasteiger partial charge in [-0.3, -0.25) is 5.10 Å². The van der Waals surface area contributed by atoms with Gasteiger partial charge >= 0.3 is 0 Å². The molecule has 0 amide bonds. The summed E-state index contributed by atoms with van der Waals surface area (Å²) in [6.07, 6.45) is 11.5. The van der Waals surface area contributed by atoms with Crippen LogP contribution < -0.4 is 5.32 Å². The lowest BCUT2D eigenvalue weighted by Crippen LogP contribution is -2.23. The van der Waals surface area contributed by atoms with Gasteiger partial charge in [0.15, 0.2) is 11.5 Å². The number of hydrogen-bond acceptors (Lipinski definition) is 4. The largest absolute Gasteiger partial charge is 0.336 e. The van der Waals surface area contributed by atoms with Gasteiger partial charge in [0.1, 0.15) is 11.3 Å². The number of allylic oxidation sites excluding steroid dienone is 3. The molecular weight excluding hydrogens is 499 g/mol. The third-order valence-electron chi connectivity index (χ3n) is 7.76. The molecule has 3 heterocycles. The van der Waals surface area contributed by atoms with E-state index in [0.717, 1.165) is 58.0 Å². The number of aromatic amines is 2. The van der Waals surface area contributed by atoms with Crippen LogP contribution >= 0.6 is 0 Å². The van der Waals surface area contributed by atoms with E-state index in [4.69, 9.17) is 9.97 Å². The number of nitrogens with one attached hydrogen (secondary N) is 3. The molecule has 1 aliphatic rings. The minimum absolute atomic E-state index is 0.282. The quantitative estimate of drug-likeness (QED) is 0.171. The molecule has 0 bridgehead atoms. The Balaban J connectivity index is 1.32. The summed E-state index contributed by atoms with van der Waals surface area (Å²) < 4.78 is 14.6. The molecule has 1 fully saturated rings. The number of benzene rings is 2. The molecule has 1 aliphatic carbocycles. The highest BCUT2D eigenvalue weighted by Crippen LogP contribution is 2.32. The topological polar surface area (TPSA) is 82.3 Å². The zero-order valence-electron chi connectivity index (χ0n) is 22.7. The van der Waals surface area contributed by atoms with E-state index in [-0.39, 0.29) is 5.82 Å². The Morgan fingerprint density at radius 2 is 1.82 bits per heavy atom. The first-order chi connectivity index (χ1) is 19.6.